The average molecular weight is 360 g/mol. The van der Waals surface area contributed by atoms with Gasteiger partial charge in [0.15, 0.2) is 0 Å². The Morgan fingerprint density at radius 3 is 2.70 bits per heavy atom. The number of hydrogen-bond donors (Lipinski definition) is 1. The van der Waals surface area contributed by atoms with Gasteiger partial charge in [0.1, 0.15) is 11.5 Å². The molecule has 0 spiro atoms. The van der Waals surface area contributed by atoms with Gasteiger partial charge in [0.05, 0.1) is 4.92 Å². The first-order chi connectivity index (χ1) is 9.47. The first-order valence-corrected chi connectivity index (χ1v) is 6.76. The van der Waals surface area contributed by atoms with Gasteiger partial charge in [0.25, 0.3) is 5.69 Å². The third-order valence-corrected chi connectivity index (χ3v) is 3.61. The number of rotatable bonds is 4. The molecule has 0 fully saturated rings. The molecule has 2 aromatic rings. The first-order valence-electron chi connectivity index (χ1n) is 5.59. The molecular formula is C13H9BrClFN2O2. The summed E-state index contributed by atoms with van der Waals surface area (Å²) in [5, 5.41) is 14.3. The van der Waals surface area contributed by atoms with Crippen LogP contribution in [0.1, 0.15) is 5.56 Å². The third kappa shape index (κ3) is 3.46. The second kappa shape index (κ2) is 6.19. The van der Waals surface area contributed by atoms with Crippen LogP contribution in [0.3, 0.4) is 0 Å². The highest BCUT2D eigenvalue weighted by molar-refractivity contribution is 9.10. The minimum Gasteiger partial charge on any atom is -0.375 e. The Hall–Kier alpha value is -1.66. The van der Waals surface area contributed by atoms with Gasteiger partial charge < -0.3 is 5.32 Å². The number of nitrogens with zero attached hydrogens (tertiary/aromatic N) is 1. The molecule has 0 aromatic heterocycles. The second-order valence-corrected chi connectivity index (χ2v) is 5.30. The fourth-order valence-corrected chi connectivity index (χ4v) is 2.49. The zero-order valence-electron chi connectivity index (χ0n) is 10.1. The van der Waals surface area contributed by atoms with Crippen LogP contribution < -0.4 is 5.32 Å². The third-order valence-electron chi connectivity index (χ3n) is 2.64. The summed E-state index contributed by atoms with van der Waals surface area (Å²) in [4.78, 5) is 10.3. The predicted molar refractivity (Wildman–Crippen MR) is 79.5 cm³/mol. The molecule has 0 saturated carbocycles. The van der Waals surface area contributed by atoms with E-state index >= 15 is 0 Å². The van der Waals surface area contributed by atoms with Crippen LogP contribution in [-0.2, 0) is 6.54 Å². The van der Waals surface area contributed by atoms with Crippen molar-refractivity contribution in [3.63, 3.8) is 0 Å². The maximum Gasteiger partial charge on any atom is 0.292 e. The van der Waals surface area contributed by atoms with Crippen LogP contribution in [0.25, 0.3) is 0 Å². The Labute approximate surface area is 127 Å². The number of hydrogen-bond acceptors (Lipinski definition) is 3. The lowest BCUT2D eigenvalue weighted by Crippen LogP contribution is -2.03. The van der Waals surface area contributed by atoms with Gasteiger partial charge in [-0.1, -0.05) is 33.6 Å². The van der Waals surface area contributed by atoms with Gasteiger partial charge >= 0.3 is 0 Å². The summed E-state index contributed by atoms with van der Waals surface area (Å²) >= 11 is 9.18. The molecule has 104 valence electrons. The molecule has 0 unspecified atom stereocenters. The van der Waals surface area contributed by atoms with Crippen molar-refractivity contribution in [2.45, 2.75) is 6.54 Å². The Kier molecular flexibility index (Phi) is 4.57. The van der Waals surface area contributed by atoms with Crippen molar-refractivity contribution in [3.8, 4) is 0 Å². The van der Waals surface area contributed by atoms with Crippen LogP contribution >= 0.6 is 27.5 Å². The molecule has 2 rings (SSSR count). The van der Waals surface area contributed by atoms with E-state index in [9.17, 15) is 14.5 Å². The van der Waals surface area contributed by atoms with Crippen molar-refractivity contribution in [2.75, 3.05) is 5.32 Å². The van der Waals surface area contributed by atoms with Crippen LogP contribution in [0.15, 0.2) is 40.9 Å². The van der Waals surface area contributed by atoms with Crippen LogP contribution in [0.2, 0.25) is 5.02 Å². The van der Waals surface area contributed by atoms with Gasteiger partial charge in [-0.25, -0.2) is 4.39 Å². The molecule has 2 aromatic carbocycles. The minimum absolute atomic E-state index is 0.136. The number of nitro benzene ring substituents is 1. The Bertz CT molecular complexity index is 667. The van der Waals surface area contributed by atoms with E-state index in [1.165, 1.54) is 0 Å². The maximum atomic E-state index is 13.2. The molecule has 7 heteroatoms. The zero-order valence-corrected chi connectivity index (χ0v) is 12.4. The topological polar surface area (TPSA) is 55.2 Å². The summed E-state index contributed by atoms with van der Waals surface area (Å²) in [5.74, 6) is -0.534. The molecule has 0 atom stereocenters. The smallest absolute Gasteiger partial charge is 0.292 e. The summed E-state index contributed by atoms with van der Waals surface area (Å²) in [6.45, 7) is 0.308. The number of halogens is 3. The standard InChI is InChI=1S/C13H9BrClFN2O2/c14-11-5-9(15)2-1-8(11)7-17-12-6-10(16)3-4-13(12)18(19)20/h1-6,17H,7H2. The van der Waals surface area contributed by atoms with Gasteiger partial charge in [-0.2, -0.15) is 0 Å². The first kappa shape index (κ1) is 14.7. The van der Waals surface area contributed by atoms with Crippen LogP contribution in [0.4, 0.5) is 15.8 Å². The van der Waals surface area contributed by atoms with Crippen molar-refractivity contribution in [2.24, 2.45) is 0 Å². The molecule has 0 saturated heterocycles. The molecule has 0 heterocycles. The van der Waals surface area contributed by atoms with Gasteiger partial charge in [-0.3, -0.25) is 10.1 Å². The van der Waals surface area contributed by atoms with Crippen molar-refractivity contribution < 1.29 is 9.31 Å². The molecule has 0 amide bonds. The molecule has 20 heavy (non-hydrogen) atoms. The fraction of sp³-hybridized carbons (Fsp3) is 0.0769. The Balaban J connectivity index is 2.22. The highest BCUT2D eigenvalue weighted by Gasteiger charge is 2.14. The number of nitrogens with one attached hydrogen (secondary N) is 1. The van der Waals surface area contributed by atoms with Gasteiger partial charge in [-0.15, -0.1) is 0 Å². The van der Waals surface area contributed by atoms with Crippen molar-refractivity contribution in [1.82, 2.24) is 0 Å². The summed E-state index contributed by atoms with van der Waals surface area (Å²) in [7, 11) is 0. The van der Waals surface area contributed by atoms with Crippen molar-refractivity contribution >= 4 is 38.9 Å². The molecule has 1 N–H and O–H groups in total. The lowest BCUT2D eigenvalue weighted by atomic mass is 10.2. The number of benzene rings is 2. The van der Waals surface area contributed by atoms with E-state index in [0.29, 0.717) is 11.6 Å². The van der Waals surface area contributed by atoms with E-state index in [2.05, 4.69) is 21.2 Å². The van der Waals surface area contributed by atoms with Crippen LogP contribution in [-0.4, -0.2) is 4.92 Å². The van der Waals surface area contributed by atoms with Crippen molar-refractivity contribution in [3.05, 3.63) is 67.4 Å². The Morgan fingerprint density at radius 1 is 1.30 bits per heavy atom. The molecule has 0 radical (unpaired) electrons. The van der Waals surface area contributed by atoms with E-state index in [4.69, 9.17) is 11.6 Å². The zero-order chi connectivity index (χ0) is 14.7. The van der Waals surface area contributed by atoms with Gasteiger partial charge in [0.2, 0.25) is 0 Å². The quantitative estimate of drug-likeness (QED) is 0.632. The normalized spacial score (nSPS) is 10.3. The van der Waals surface area contributed by atoms with Crippen LogP contribution in [0, 0.1) is 15.9 Å². The maximum absolute atomic E-state index is 13.2. The molecule has 0 aliphatic heterocycles. The average Bonchev–Trinajstić information content (AvgIpc) is 2.37. The molecular weight excluding hydrogens is 351 g/mol. The van der Waals surface area contributed by atoms with E-state index in [1.54, 1.807) is 18.2 Å². The van der Waals surface area contributed by atoms with Gasteiger partial charge in [-0.05, 0) is 23.8 Å². The monoisotopic (exact) mass is 358 g/mol. The highest BCUT2D eigenvalue weighted by Crippen LogP contribution is 2.27. The summed E-state index contributed by atoms with van der Waals surface area (Å²) in [6, 6.07) is 8.50. The van der Waals surface area contributed by atoms with Crippen molar-refractivity contribution in [1.29, 1.82) is 0 Å². The second-order valence-electron chi connectivity index (χ2n) is 4.01. The van der Waals surface area contributed by atoms with Crippen LogP contribution in [0.5, 0.6) is 0 Å². The summed E-state index contributed by atoms with van der Waals surface area (Å²) in [5.41, 5.74) is 0.821. The molecule has 4 nitrogen and oxygen atoms in total. The molecule has 0 bridgehead atoms. The van der Waals surface area contributed by atoms with E-state index in [0.717, 1.165) is 28.2 Å². The highest BCUT2D eigenvalue weighted by atomic mass is 79.9. The Morgan fingerprint density at radius 2 is 2.05 bits per heavy atom. The lowest BCUT2D eigenvalue weighted by molar-refractivity contribution is -0.384. The fourth-order valence-electron chi connectivity index (χ4n) is 1.66. The summed E-state index contributed by atoms with van der Waals surface area (Å²) < 4.78 is 14.0. The lowest BCUT2D eigenvalue weighted by Gasteiger charge is -2.09. The summed E-state index contributed by atoms with van der Waals surface area (Å²) in [6.07, 6.45) is 0. The molecule has 0 aliphatic carbocycles. The largest absolute Gasteiger partial charge is 0.375 e. The predicted octanol–water partition coefficient (Wildman–Crippen LogP) is 4.76. The minimum atomic E-state index is -0.557. The SMILES string of the molecule is O=[N+]([O-])c1ccc(F)cc1NCc1ccc(Cl)cc1Br. The van der Waals surface area contributed by atoms with Gasteiger partial charge in [0, 0.05) is 28.2 Å². The molecule has 0 aliphatic rings. The number of nitro groups is 1. The number of anilines is 1. The van der Waals surface area contributed by atoms with E-state index < -0.39 is 10.7 Å². The van der Waals surface area contributed by atoms with E-state index in [-0.39, 0.29) is 11.4 Å². The van der Waals surface area contributed by atoms with E-state index in [1.807, 2.05) is 0 Å².